The first-order chi connectivity index (χ1) is 9.42. The molecule has 108 valence electrons. The van der Waals surface area contributed by atoms with Crippen LogP contribution in [0.3, 0.4) is 0 Å². The standard InChI is InChI=1S/C12H14BrN3O3S/c1-16-5-4-10(15-16)7-14-20(18,19)12-6-9(8-17)2-3-11(12)13/h2-6,14,17H,7-8H2,1H3. The Labute approximate surface area is 125 Å². The van der Waals surface area contributed by atoms with Crippen molar-refractivity contribution in [2.75, 3.05) is 0 Å². The molecule has 0 amide bonds. The van der Waals surface area contributed by atoms with Gasteiger partial charge in [-0.15, -0.1) is 0 Å². The van der Waals surface area contributed by atoms with Crippen LogP contribution in [0.4, 0.5) is 0 Å². The van der Waals surface area contributed by atoms with Gasteiger partial charge in [0.2, 0.25) is 10.0 Å². The summed E-state index contributed by atoms with van der Waals surface area (Å²) in [6.07, 6.45) is 1.74. The molecule has 2 aromatic rings. The normalized spacial score (nSPS) is 11.8. The molecule has 0 saturated heterocycles. The molecule has 0 atom stereocenters. The van der Waals surface area contributed by atoms with Crippen molar-refractivity contribution in [3.05, 3.63) is 46.2 Å². The van der Waals surface area contributed by atoms with Crippen molar-refractivity contribution in [2.45, 2.75) is 18.0 Å². The highest BCUT2D eigenvalue weighted by molar-refractivity contribution is 9.10. The Morgan fingerprint density at radius 3 is 2.75 bits per heavy atom. The number of sulfonamides is 1. The van der Waals surface area contributed by atoms with Crippen LogP contribution in [0.15, 0.2) is 39.8 Å². The summed E-state index contributed by atoms with van der Waals surface area (Å²) in [5.41, 5.74) is 1.16. The predicted octanol–water partition coefficient (Wildman–Crippen LogP) is 1.15. The van der Waals surface area contributed by atoms with Crippen molar-refractivity contribution in [3.63, 3.8) is 0 Å². The molecule has 0 unspecified atom stereocenters. The smallest absolute Gasteiger partial charge is 0.242 e. The molecule has 0 saturated carbocycles. The van der Waals surface area contributed by atoms with E-state index in [4.69, 9.17) is 5.11 Å². The molecule has 0 fully saturated rings. The molecule has 0 aliphatic carbocycles. The van der Waals surface area contributed by atoms with Crippen molar-refractivity contribution < 1.29 is 13.5 Å². The molecule has 0 aliphatic rings. The van der Waals surface area contributed by atoms with Gasteiger partial charge in [0.25, 0.3) is 0 Å². The van der Waals surface area contributed by atoms with Crippen LogP contribution in [-0.4, -0.2) is 23.3 Å². The molecule has 1 aromatic carbocycles. The predicted molar refractivity (Wildman–Crippen MR) is 77.3 cm³/mol. The first-order valence-electron chi connectivity index (χ1n) is 5.80. The van der Waals surface area contributed by atoms with Gasteiger partial charge in [0, 0.05) is 17.7 Å². The van der Waals surface area contributed by atoms with Crippen LogP contribution in [0.25, 0.3) is 0 Å². The van der Waals surface area contributed by atoms with E-state index in [1.807, 2.05) is 0 Å². The number of aromatic nitrogens is 2. The largest absolute Gasteiger partial charge is 0.392 e. The zero-order valence-corrected chi connectivity index (χ0v) is 13.1. The molecule has 0 radical (unpaired) electrons. The number of aliphatic hydroxyl groups is 1. The zero-order valence-electron chi connectivity index (χ0n) is 10.7. The summed E-state index contributed by atoms with van der Waals surface area (Å²) in [5.74, 6) is 0. The summed E-state index contributed by atoms with van der Waals surface area (Å²) < 4.78 is 29.0. The van der Waals surface area contributed by atoms with Crippen molar-refractivity contribution in [2.24, 2.45) is 7.05 Å². The highest BCUT2D eigenvalue weighted by atomic mass is 79.9. The van der Waals surface area contributed by atoms with E-state index in [1.165, 1.54) is 6.07 Å². The molecule has 1 heterocycles. The van der Waals surface area contributed by atoms with Gasteiger partial charge in [-0.3, -0.25) is 4.68 Å². The molecule has 0 spiro atoms. The summed E-state index contributed by atoms with van der Waals surface area (Å²) >= 11 is 3.21. The van der Waals surface area contributed by atoms with Crippen LogP contribution in [0.5, 0.6) is 0 Å². The lowest BCUT2D eigenvalue weighted by Crippen LogP contribution is -2.24. The van der Waals surface area contributed by atoms with Gasteiger partial charge in [-0.25, -0.2) is 13.1 Å². The second-order valence-corrected chi connectivity index (χ2v) is 6.82. The third kappa shape index (κ3) is 3.45. The number of hydrogen-bond acceptors (Lipinski definition) is 4. The minimum absolute atomic E-state index is 0.0972. The highest BCUT2D eigenvalue weighted by Gasteiger charge is 2.18. The number of halogens is 1. The molecule has 0 bridgehead atoms. The van der Waals surface area contributed by atoms with E-state index in [0.29, 0.717) is 15.7 Å². The van der Waals surface area contributed by atoms with Gasteiger partial charge in [-0.1, -0.05) is 6.07 Å². The number of hydrogen-bond donors (Lipinski definition) is 2. The Bertz CT molecular complexity index is 712. The quantitative estimate of drug-likeness (QED) is 0.838. The maximum Gasteiger partial charge on any atom is 0.242 e. The van der Waals surface area contributed by atoms with Crippen molar-refractivity contribution in [1.29, 1.82) is 0 Å². The maximum absolute atomic E-state index is 12.2. The fraction of sp³-hybridized carbons (Fsp3) is 0.250. The van der Waals surface area contributed by atoms with Crippen LogP contribution in [0, 0.1) is 0 Å². The van der Waals surface area contributed by atoms with E-state index >= 15 is 0 Å². The summed E-state index contributed by atoms with van der Waals surface area (Å²) in [4.78, 5) is 0.0972. The lowest BCUT2D eigenvalue weighted by atomic mass is 10.2. The third-order valence-electron chi connectivity index (χ3n) is 2.68. The van der Waals surface area contributed by atoms with E-state index in [1.54, 1.807) is 36.1 Å². The summed E-state index contributed by atoms with van der Waals surface area (Å²) in [6, 6.07) is 6.43. The topological polar surface area (TPSA) is 84.2 Å². The van der Waals surface area contributed by atoms with Gasteiger partial charge >= 0.3 is 0 Å². The monoisotopic (exact) mass is 359 g/mol. The average molecular weight is 360 g/mol. The van der Waals surface area contributed by atoms with Crippen LogP contribution in [-0.2, 0) is 30.2 Å². The molecule has 1 aromatic heterocycles. The number of nitrogens with one attached hydrogen (secondary N) is 1. The lowest BCUT2D eigenvalue weighted by Gasteiger charge is -2.09. The minimum atomic E-state index is -3.67. The van der Waals surface area contributed by atoms with E-state index in [9.17, 15) is 8.42 Å². The van der Waals surface area contributed by atoms with Gasteiger partial charge in [0.1, 0.15) is 0 Å². The molecule has 2 N–H and O–H groups in total. The van der Waals surface area contributed by atoms with E-state index in [0.717, 1.165) is 0 Å². The van der Waals surface area contributed by atoms with Crippen LogP contribution >= 0.6 is 15.9 Å². The molecular weight excluding hydrogens is 346 g/mol. The Hall–Kier alpha value is -1.22. The van der Waals surface area contributed by atoms with E-state index in [2.05, 4.69) is 25.8 Å². The maximum atomic E-state index is 12.2. The summed E-state index contributed by atoms with van der Waals surface area (Å²) in [7, 11) is -1.91. The van der Waals surface area contributed by atoms with Crippen molar-refractivity contribution in [3.8, 4) is 0 Å². The van der Waals surface area contributed by atoms with Gasteiger partial charge < -0.3 is 5.11 Å². The third-order valence-corrected chi connectivity index (χ3v) is 5.07. The van der Waals surface area contributed by atoms with Gasteiger partial charge in [-0.2, -0.15) is 5.10 Å². The minimum Gasteiger partial charge on any atom is -0.392 e. The first kappa shape index (κ1) is 15.2. The molecule has 20 heavy (non-hydrogen) atoms. The van der Waals surface area contributed by atoms with E-state index in [-0.39, 0.29) is 18.0 Å². The summed E-state index contributed by atoms with van der Waals surface area (Å²) in [6.45, 7) is -0.102. The number of rotatable bonds is 5. The van der Waals surface area contributed by atoms with Crippen molar-refractivity contribution in [1.82, 2.24) is 14.5 Å². The second-order valence-electron chi connectivity index (χ2n) is 4.23. The van der Waals surface area contributed by atoms with Crippen LogP contribution in [0.2, 0.25) is 0 Å². The Morgan fingerprint density at radius 1 is 1.40 bits per heavy atom. The fourth-order valence-corrected chi connectivity index (χ4v) is 3.67. The van der Waals surface area contributed by atoms with Crippen molar-refractivity contribution >= 4 is 26.0 Å². The van der Waals surface area contributed by atoms with E-state index < -0.39 is 10.0 Å². The molecule has 8 heteroatoms. The number of aryl methyl sites for hydroxylation is 1. The highest BCUT2D eigenvalue weighted by Crippen LogP contribution is 2.23. The van der Waals surface area contributed by atoms with Gasteiger partial charge in [0.15, 0.2) is 0 Å². The second kappa shape index (κ2) is 6.04. The van der Waals surface area contributed by atoms with Crippen LogP contribution in [0.1, 0.15) is 11.3 Å². The Kier molecular flexibility index (Phi) is 4.59. The number of benzene rings is 1. The molecule has 6 nitrogen and oxygen atoms in total. The average Bonchev–Trinajstić information content (AvgIpc) is 2.83. The number of aliphatic hydroxyl groups excluding tert-OH is 1. The molecule has 2 rings (SSSR count). The molecule has 0 aliphatic heterocycles. The Balaban J connectivity index is 2.21. The zero-order chi connectivity index (χ0) is 14.8. The van der Waals surface area contributed by atoms with Crippen LogP contribution < -0.4 is 4.72 Å². The van der Waals surface area contributed by atoms with Gasteiger partial charge in [-0.05, 0) is 39.7 Å². The number of nitrogens with zero attached hydrogens (tertiary/aromatic N) is 2. The Morgan fingerprint density at radius 2 is 2.15 bits per heavy atom. The lowest BCUT2D eigenvalue weighted by molar-refractivity contribution is 0.281. The fourth-order valence-electron chi connectivity index (χ4n) is 1.66. The molecular formula is C12H14BrN3O3S. The summed E-state index contributed by atoms with van der Waals surface area (Å²) in [5, 5.41) is 13.2. The SMILES string of the molecule is Cn1ccc(CNS(=O)(=O)c2cc(CO)ccc2Br)n1. The first-order valence-corrected chi connectivity index (χ1v) is 8.07. The van der Waals surface area contributed by atoms with Gasteiger partial charge in [0.05, 0.1) is 23.7 Å².